The molecule has 1 aromatic carbocycles. The molecule has 1 N–H and O–H groups in total. The van der Waals surface area contributed by atoms with Gasteiger partial charge < -0.3 is 10.2 Å². The van der Waals surface area contributed by atoms with Gasteiger partial charge in [-0.15, -0.1) is 0 Å². The van der Waals surface area contributed by atoms with Gasteiger partial charge in [-0.1, -0.05) is 37.1 Å². The van der Waals surface area contributed by atoms with Crippen LogP contribution in [0.1, 0.15) is 53.2 Å². The molecule has 0 radical (unpaired) electrons. The number of amides is 1. The maximum absolute atomic E-state index is 12.9. The van der Waals surface area contributed by atoms with E-state index in [4.69, 9.17) is 0 Å². The highest BCUT2D eigenvalue weighted by molar-refractivity contribution is 5.95. The summed E-state index contributed by atoms with van der Waals surface area (Å²) in [6.45, 7) is 1.99. The lowest BCUT2D eigenvalue weighted by Gasteiger charge is -2.40. The number of carbonyl (C=O) groups is 1. The number of aromatic nitrogens is 1. The van der Waals surface area contributed by atoms with E-state index in [9.17, 15) is 4.79 Å². The van der Waals surface area contributed by atoms with Crippen molar-refractivity contribution in [3.63, 3.8) is 0 Å². The molecule has 26 heavy (non-hydrogen) atoms. The minimum atomic E-state index is 0.0451. The summed E-state index contributed by atoms with van der Waals surface area (Å²) in [4.78, 5) is 19.4. The summed E-state index contributed by atoms with van der Waals surface area (Å²) in [5, 5.41) is 3.35. The normalized spacial score (nSPS) is 21.4. The lowest BCUT2D eigenvalue weighted by atomic mass is 9.77. The van der Waals surface area contributed by atoms with Crippen molar-refractivity contribution < 1.29 is 4.79 Å². The van der Waals surface area contributed by atoms with E-state index < -0.39 is 0 Å². The van der Waals surface area contributed by atoms with E-state index >= 15 is 0 Å². The minimum absolute atomic E-state index is 0.0451. The van der Waals surface area contributed by atoms with Gasteiger partial charge in [0.1, 0.15) is 0 Å². The van der Waals surface area contributed by atoms with Crippen LogP contribution in [0.5, 0.6) is 0 Å². The highest BCUT2D eigenvalue weighted by Gasteiger charge is 2.35. The van der Waals surface area contributed by atoms with Gasteiger partial charge in [0, 0.05) is 30.0 Å². The summed E-state index contributed by atoms with van der Waals surface area (Å²) in [5.41, 5.74) is 3.02. The first-order chi connectivity index (χ1) is 12.6. The van der Waals surface area contributed by atoms with E-state index in [0.29, 0.717) is 5.92 Å². The van der Waals surface area contributed by atoms with E-state index in [1.165, 1.54) is 18.4 Å². The van der Waals surface area contributed by atoms with Crippen LogP contribution in [0.2, 0.25) is 0 Å². The van der Waals surface area contributed by atoms with Crippen molar-refractivity contribution in [1.29, 1.82) is 0 Å². The fourth-order valence-corrected chi connectivity index (χ4v) is 4.27. The molecule has 0 aliphatic heterocycles. The fourth-order valence-electron chi connectivity index (χ4n) is 4.27. The quantitative estimate of drug-likeness (QED) is 0.886. The molecule has 3 atom stereocenters. The number of aryl methyl sites for hydroxylation is 1. The number of pyridine rings is 1. The Balaban J connectivity index is 1.83. The first-order valence-electron chi connectivity index (χ1n) is 9.51. The number of nitrogens with zero attached hydrogens (tertiary/aromatic N) is 2. The Bertz CT molecular complexity index is 729. The van der Waals surface area contributed by atoms with Gasteiger partial charge in [-0.2, -0.15) is 0 Å². The van der Waals surface area contributed by atoms with Crippen LogP contribution in [0.15, 0.2) is 48.8 Å². The van der Waals surface area contributed by atoms with Crippen LogP contribution in [0, 0.1) is 12.8 Å². The molecule has 3 unspecified atom stereocenters. The van der Waals surface area contributed by atoms with Crippen molar-refractivity contribution in [2.24, 2.45) is 5.92 Å². The Morgan fingerprint density at radius 1 is 1.15 bits per heavy atom. The molecule has 1 aromatic heterocycles. The second-order valence-corrected chi connectivity index (χ2v) is 7.54. The largest absolute Gasteiger partial charge is 0.349 e. The van der Waals surface area contributed by atoms with Gasteiger partial charge in [-0.3, -0.25) is 9.78 Å². The van der Waals surface area contributed by atoms with Crippen molar-refractivity contribution >= 4 is 5.91 Å². The van der Waals surface area contributed by atoms with Crippen molar-refractivity contribution in [2.75, 3.05) is 14.1 Å². The molecular formula is C22H29N3O. The molecule has 1 aliphatic rings. The third-order valence-corrected chi connectivity index (χ3v) is 5.51. The van der Waals surface area contributed by atoms with Gasteiger partial charge in [0.2, 0.25) is 0 Å². The van der Waals surface area contributed by atoms with Gasteiger partial charge in [0.05, 0.1) is 0 Å². The lowest BCUT2D eigenvalue weighted by Crippen LogP contribution is -2.47. The van der Waals surface area contributed by atoms with Crippen LogP contribution in [-0.2, 0) is 0 Å². The van der Waals surface area contributed by atoms with Crippen LogP contribution < -0.4 is 5.32 Å². The van der Waals surface area contributed by atoms with Gasteiger partial charge in [0.15, 0.2) is 0 Å². The number of hydrogen-bond acceptors (Lipinski definition) is 3. The molecule has 3 rings (SSSR count). The van der Waals surface area contributed by atoms with Gasteiger partial charge in [-0.05, 0) is 63.0 Å². The van der Waals surface area contributed by atoms with Crippen molar-refractivity contribution in [1.82, 2.24) is 15.2 Å². The molecule has 2 aromatic rings. The SMILES string of the molecule is Cc1ccccc1C(=O)NC1CCCCC1C(c1cccnc1)N(C)C. The number of carbonyl (C=O) groups excluding carboxylic acids is 1. The zero-order valence-corrected chi connectivity index (χ0v) is 16.0. The molecule has 1 fully saturated rings. The van der Waals surface area contributed by atoms with Gasteiger partial charge in [-0.25, -0.2) is 0 Å². The molecule has 4 nitrogen and oxygen atoms in total. The lowest BCUT2D eigenvalue weighted by molar-refractivity contribution is 0.0844. The Morgan fingerprint density at radius 2 is 1.92 bits per heavy atom. The monoisotopic (exact) mass is 351 g/mol. The van der Waals surface area contributed by atoms with Crippen LogP contribution in [0.25, 0.3) is 0 Å². The smallest absolute Gasteiger partial charge is 0.251 e. The molecular weight excluding hydrogens is 322 g/mol. The van der Waals surface area contributed by atoms with E-state index in [0.717, 1.165) is 24.0 Å². The Kier molecular flexibility index (Phi) is 6.04. The van der Waals surface area contributed by atoms with Crippen molar-refractivity contribution in [2.45, 2.75) is 44.7 Å². The predicted molar refractivity (Wildman–Crippen MR) is 105 cm³/mol. The summed E-state index contributed by atoms with van der Waals surface area (Å²) in [5.74, 6) is 0.430. The average molecular weight is 351 g/mol. The highest BCUT2D eigenvalue weighted by atomic mass is 16.1. The number of hydrogen-bond donors (Lipinski definition) is 1. The molecule has 1 heterocycles. The van der Waals surface area contributed by atoms with Crippen LogP contribution in [-0.4, -0.2) is 35.9 Å². The van der Waals surface area contributed by atoms with Gasteiger partial charge in [0.25, 0.3) is 5.91 Å². The van der Waals surface area contributed by atoms with E-state index in [-0.39, 0.29) is 18.0 Å². The molecule has 138 valence electrons. The van der Waals surface area contributed by atoms with Gasteiger partial charge >= 0.3 is 0 Å². The second kappa shape index (κ2) is 8.45. The molecule has 1 saturated carbocycles. The first kappa shape index (κ1) is 18.6. The highest BCUT2D eigenvalue weighted by Crippen LogP contribution is 2.37. The zero-order chi connectivity index (χ0) is 18.5. The molecule has 1 aliphatic carbocycles. The topological polar surface area (TPSA) is 45.2 Å². The molecule has 0 bridgehead atoms. The first-order valence-corrected chi connectivity index (χ1v) is 9.51. The van der Waals surface area contributed by atoms with E-state index in [2.05, 4.69) is 35.4 Å². The van der Waals surface area contributed by atoms with E-state index in [1.54, 1.807) is 0 Å². The zero-order valence-electron chi connectivity index (χ0n) is 16.0. The summed E-state index contributed by atoms with van der Waals surface area (Å²) in [6.07, 6.45) is 8.31. The summed E-state index contributed by atoms with van der Waals surface area (Å²) >= 11 is 0. The Hall–Kier alpha value is -2.20. The second-order valence-electron chi connectivity index (χ2n) is 7.54. The minimum Gasteiger partial charge on any atom is -0.349 e. The summed E-state index contributed by atoms with van der Waals surface area (Å²) in [6, 6.07) is 12.4. The number of rotatable bonds is 5. The number of nitrogens with one attached hydrogen (secondary N) is 1. The fraction of sp³-hybridized carbons (Fsp3) is 0.455. The predicted octanol–water partition coefficient (Wildman–Crippen LogP) is 3.98. The summed E-state index contributed by atoms with van der Waals surface area (Å²) in [7, 11) is 4.24. The Morgan fingerprint density at radius 3 is 2.62 bits per heavy atom. The third kappa shape index (κ3) is 4.13. The van der Waals surface area contributed by atoms with Crippen LogP contribution in [0.4, 0.5) is 0 Å². The molecule has 0 spiro atoms. The third-order valence-electron chi connectivity index (χ3n) is 5.51. The Labute approximate surface area is 156 Å². The molecule has 4 heteroatoms. The van der Waals surface area contributed by atoms with Crippen molar-refractivity contribution in [3.8, 4) is 0 Å². The summed E-state index contributed by atoms with van der Waals surface area (Å²) < 4.78 is 0. The number of benzene rings is 1. The standard InChI is InChI=1S/C22H29N3O/c1-16-9-4-5-11-18(16)22(26)24-20-13-7-6-12-19(20)21(25(2)3)17-10-8-14-23-15-17/h4-5,8-11,14-15,19-21H,6-7,12-13H2,1-3H3,(H,24,26). The van der Waals surface area contributed by atoms with E-state index in [1.807, 2.05) is 49.6 Å². The molecule has 0 saturated heterocycles. The maximum atomic E-state index is 12.9. The van der Waals surface area contributed by atoms with Crippen LogP contribution in [0.3, 0.4) is 0 Å². The van der Waals surface area contributed by atoms with Crippen LogP contribution >= 0.6 is 0 Å². The van der Waals surface area contributed by atoms with Crippen molar-refractivity contribution in [3.05, 3.63) is 65.5 Å². The average Bonchev–Trinajstić information content (AvgIpc) is 2.64. The maximum Gasteiger partial charge on any atom is 0.251 e. The molecule has 1 amide bonds.